The van der Waals surface area contributed by atoms with Crippen molar-refractivity contribution < 1.29 is 0 Å². The fourth-order valence-electron chi connectivity index (χ4n) is 1.96. The van der Waals surface area contributed by atoms with Crippen LogP contribution in [-0.2, 0) is 6.54 Å². The lowest BCUT2D eigenvalue weighted by Gasteiger charge is -2.25. The van der Waals surface area contributed by atoms with E-state index in [0.29, 0.717) is 0 Å². The topological polar surface area (TPSA) is 41.0 Å². The first kappa shape index (κ1) is 10.1. The summed E-state index contributed by atoms with van der Waals surface area (Å²) in [6.07, 6.45) is 3.67. The van der Waals surface area contributed by atoms with Gasteiger partial charge in [0.1, 0.15) is 5.01 Å². The second kappa shape index (κ2) is 4.45. The summed E-state index contributed by atoms with van der Waals surface area (Å²) < 4.78 is 1.24. The van der Waals surface area contributed by atoms with Crippen molar-refractivity contribution in [3.8, 4) is 0 Å². The van der Waals surface area contributed by atoms with Crippen molar-refractivity contribution in [1.82, 2.24) is 20.2 Å². The second-order valence-corrected chi connectivity index (χ2v) is 5.09. The van der Waals surface area contributed by atoms with Crippen LogP contribution in [0, 0.1) is 0 Å². The minimum absolute atomic E-state index is 0.973. The normalized spacial score (nSPS) is 18.0. The minimum atomic E-state index is 0.973. The predicted octanol–water partition coefficient (Wildman–Crippen LogP) is 1.10. The van der Waals surface area contributed by atoms with Crippen LogP contribution >= 0.6 is 11.3 Å². The number of nitrogens with zero attached hydrogens (tertiary/aromatic N) is 3. The zero-order valence-electron chi connectivity index (χ0n) is 9.02. The van der Waals surface area contributed by atoms with Crippen LogP contribution < -0.4 is 5.32 Å². The van der Waals surface area contributed by atoms with Gasteiger partial charge in [-0.2, -0.15) is 0 Å². The molecule has 1 aliphatic heterocycles. The number of rotatable bonds is 2. The summed E-state index contributed by atoms with van der Waals surface area (Å²) in [5, 5.41) is 4.56. The maximum absolute atomic E-state index is 4.60. The highest BCUT2D eigenvalue weighted by atomic mass is 32.1. The Kier molecular flexibility index (Phi) is 2.82. The molecule has 2 aromatic heterocycles. The molecule has 0 unspecified atom stereocenters. The summed E-state index contributed by atoms with van der Waals surface area (Å²) in [5.74, 6) is 0. The molecular weight excluding hydrogens is 220 g/mol. The molecule has 1 N–H and O–H groups in total. The van der Waals surface area contributed by atoms with E-state index in [1.54, 1.807) is 11.3 Å². The highest BCUT2D eigenvalue weighted by Gasteiger charge is 2.12. The molecule has 1 saturated heterocycles. The van der Waals surface area contributed by atoms with E-state index in [-0.39, 0.29) is 0 Å². The second-order valence-electron chi connectivity index (χ2n) is 3.98. The molecular formula is C11H14N4S. The summed E-state index contributed by atoms with van der Waals surface area (Å²) in [4.78, 5) is 11.1. The van der Waals surface area contributed by atoms with Crippen LogP contribution in [0.1, 0.15) is 5.01 Å². The molecule has 4 nitrogen and oxygen atoms in total. The van der Waals surface area contributed by atoms with Gasteiger partial charge in [-0.05, 0) is 6.07 Å². The van der Waals surface area contributed by atoms with Gasteiger partial charge in [0.2, 0.25) is 0 Å². The fourth-order valence-corrected chi connectivity index (χ4v) is 2.93. The van der Waals surface area contributed by atoms with Gasteiger partial charge in [-0.1, -0.05) is 0 Å². The number of nitrogens with one attached hydrogen (secondary N) is 1. The third-order valence-corrected chi connectivity index (χ3v) is 3.82. The quantitative estimate of drug-likeness (QED) is 0.844. The Hall–Kier alpha value is -1.04. The summed E-state index contributed by atoms with van der Waals surface area (Å²) in [6, 6.07) is 2.04. The molecule has 0 bridgehead atoms. The number of aromatic nitrogens is 2. The number of piperazine rings is 1. The lowest BCUT2D eigenvalue weighted by Crippen LogP contribution is -2.42. The Labute approximate surface area is 98.3 Å². The van der Waals surface area contributed by atoms with Gasteiger partial charge >= 0.3 is 0 Å². The monoisotopic (exact) mass is 234 g/mol. The van der Waals surface area contributed by atoms with Crippen molar-refractivity contribution in [3.05, 3.63) is 23.5 Å². The van der Waals surface area contributed by atoms with E-state index in [2.05, 4.69) is 20.2 Å². The molecule has 2 aromatic rings. The maximum atomic E-state index is 4.60. The van der Waals surface area contributed by atoms with Gasteiger partial charge in [0.25, 0.3) is 0 Å². The molecule has 0 aromatic carbocycles. The molecule has 5 heteroatoms. The number of thiazole rings is 1. The Morgan fingerprint density at radius 3 is 3.06 bits per heavy atom. The SMILES string of the molecule is c1cc2sc(CN3CCNCC3)nc2cn1. The van der Waals surface area contributed by atoms with Crippen LogP contribution in [0.15, 0.2) is 18.5 Å². The van der Waals surface area contributed by atoms with Gasteiger partial charge in [0.15, 0.2) is 0 Å². The van der Waals surface area contributed by atoms with Crippen molar-refractivity contribution in [3.63, 3.8) is 0 Å². The molecule has 0 aliphatic carbocycles. The Bertz CT molecular complexity index is 443. The lowest BCUT2D eigenvalue weighted by molar-refractivity contribution is 0.233. The molecule has 0 spiro atoms. The average molecular weight is 234 g/mol. The van der Waals surface area contributed by atoms with E-state index in [0.717, 1.165) is 38.2 Å². The maximum Gasteiger partial charge on any atom is 0.108 e. The minimum Gasteiger partial charge on any atom is -0.314 e. The molecule has 1 fully saturated rings. The number of fused-ring (bicyclic) bond motifs is 1. The van der Waals surface area contributed by atoms with Gasteiger partial charge in [-0.15, -0.1) is 11.3 Å². The molecule has 16 heavy (non-hydrogen) atoms. The predicted molar refractivity (Wildman–Crippen MR) is 65.6 cm³/mol. The van der Waals surface area contributed by atoms with Crippen molar-refractivity contribution in [2.75, 3.05) is 26.2 Å². The smallest absolute Gasteiger partial charge is 0.108 e. The van der Waals surface area contributed by atoms with Gasteiger partial charge in [0, 0.05) is 32.4 Å². The molecule has 3 heterocycles. The standard InChI is InChI=1S/C11H14N4S/c1-2-13-7-9-10(1)16-11(14-9)8-15-5-3-12-4-6-15/h1-2,7,12H,3-6,8H2. The first-order valence-corrected chi connectivity index (χ1v) is 6.36. The molecule has 1 aliphatic rings. The molecule has 0 saturated carbocycles. The van der Waals surface area contributed by atoms with E-state index in [1.807, 2.05) is 18.5 Å². The highest BCUT2D eigenvalue weighted by molar-refractivity contribution is 7.18. The van der Waals surface area contributed by atoms with Crippen LogP contribution in [0.3, 0.4) is 0 Å². The number of hydrogen-bond acceptors (Lipinski definition) is 5. The van der Waals surface area contributed by atoms with Crippen LogP contribution in [-0.4, -0.2) is 41.0 Å². The van der Waals surface area contributed by atoms with E-state index >= 15 is 0 Å². The first-order valence-electron chi connectivity index (χ1n) is 5.54. The van der Waals surface area contributed by atoms with Crippen LogP contribution in [0.2, 0.25) is 0 Å². The number of hydrogen-bond donors (Lipinski definition) is 1. The molecule has 0 atom stereocenters. The van der Waals surface area contributed by atoms with Crippen molar-refractivity contribution in [1.29, 1.82) is 0 Å². The van der Waals surface area contributed by atoms with Crippen LogP contribution in [0.5, 0.6) is 0 Å². The molecule has 0 radical (unpaired) electrons. The highest BCUT2D eigenvalue weighted by Crippen LogP contribution is 2.21. The zero-order valence-corrected chi connectivity index (χ0v) is 9.83. The zero-order chi connectivity index (χ0) is 10.8. The third kappa shape index (κ3) is 2.07. The average Bonchev–Trinajstić information content (AvgIpc) is 2.72. The largest absolute Gasteiger partial charge is 0.314 e. The van der Waals surface area contributed by atoms with E-state index in [4.69, 9.17) is 0 Å². The summed E-state index contributed by atoms with van der Waals surface area (Å²) in [6.45, 7) is 5.39. The third-order valence-electron chi connectivity index (χ3n) is 2.80. The van der Waals surface area contributed by atoms with Gasteiger partial charge in [-0.25, -0.2) is 4.98 Å². The Morgan fingerprint density at radius 2 is 2.25 bits per heavy atom. The van der Waals surface area contributed by atoms with E-state index < -0.39 is 0 Å². The summed E-state index contributed by atoms with van der Waals surface area (Å²) in [7, 11) is 0. The molecule has 3 rings (SSSR count). The number of pyridine rings is 1. The van der Waals surface area contributed by atoms with Gasteiger partial charge < -0.3 is 5.32 Å². The Balaban J connectivity index is 1.78. The van der Waals surface area contributed by atoms with Crippen LogP contribution in [0.25, 0.3) is 10.2 Å². The van der Waals surface area contributed by atoms with E-state index in [9.17, 15) is 0 Å². The lowest BCUT2D eigenvalue weighted by atomic mass is 10.3. The van der Waals surface area contributed by atoms with Gasteiger partial charge in [-0.3, -0.25) is 9.88 Å². The molecule has 0 amide bonds. The van der Waals surface area contributed by atoms with Crippen molar-refractivity contribution >= 4 is 21.6 Å². The van der Waals surface area contributed by atoms with Crippen molar-refractivity contribution in [2.45, 2.75) is 6.54 Å². The fraction of sp³-hybridized carbons (Fsp3) is 0.455. The Morgan fingerprint density at radius 1 is 1.38 bits per heavy atom. The molecule has 84 valence electrons. The summed E-state index contributed by atoms with van der Waals surface area (Å²) in [5.41, 5.74) is 1.03. The van der Waals surface area contributed by atoms with E-state index in [1.165, 1.54) is 9.71 Å². The van der Waals surface area contributed by atoms with Gasteiger partial charge in [0.05, 0.1) is 23.0 Å². The van der Waals surface area contributed by atoms with Crippen molar-refractivity contribution in [2.24, 2.45) is 0 Å². The first-order chi connectivity index (χ1) is 7.92. The summed E-state index contributed by atoms with van der Waals surface area (Å²) >= 11 is 1.78. The van der Waals surface area contributed by atoms with Crippen LogP contribution in [0.4, 0.5) is 0 Å².